The third kappa shape index (κ3) is 3.95. The quantitative estimate of drug-likeness (QED) is 0.817. The summed E-state index contributed by atoms with van der Waals surface area (Å²) in [7, 11) is 0. The predicted molar refractivity (Wildman–Crippen MR) is 83.5 cm³/mol. The molecular weight excluding hydrogens is 232 g/mol. The van der Waals surface area contributed by atoms with Crippen LogP contribution < -0.4 is 5.32 Å². The van der Waals surface area contributed by atoms with Gasteiger partial charge in [0.05, 0.1) is 0 Å². The van der Waals surface area contributed by atoms with E-state index in [1.807, 2.05) is 0 Å². The van der Waals surface area contributed by atoms with E-state index in [1.54, 1.807) is 0 Å². The maximum atomic E-state index is 3.69. The minimum Gasteiger partial charge on any atom is -0.311 e. The fourth-order valence-corrected chi connectivity index (χ4v) is 4.34. The first-order valence-electron chi connectivity index (χ1n) is 8.52. The molecule has 19 heavy (non-hydrogen) atoms. The van der Waals surface area contributed by atoms with Crippen molar-refractivity contribution in [1.29, 1.82) is 0 Å². The van der Waals surface area contributed by atoms with E-state index in [2.05, 4.69) is 37.9 Å². The van der Waals surface area contributed by atoms with Gasteiger partial charge in [-0.2, -0.15) is 0 Å². The van der Waals surface area contributed by atoms with Crippen LogP contribution in [0.1, 0.15) is 66.2 Å². The number of hydrogen-bond donors (Lipinski definition) is 1. The minimum absolute atomic E-state index is 0.637. The van der Waals surface area contributed by atoms with Gasteiger partial charge in [0.15, 0.2) is 0 Å². The molecule has 1 aliphatic carbocycles. The molecule has 2 nitrogen and oxygen atoms in total. The van der Waals surface area contributed by atoms with Crippen molar-refractivity contribution in [2.45, 2.75) is 78.3 Å². The van der Waals surface area contributed by atoms with Crippen molar-refractivity contribution in [3.05, 3.63) is 0 Å². The van der Waals surface area contributed by atoms with Crippen LogP contribution in [-0.2, 0) is 0 Å². The summed E-state index contributed by atoms with van der Waals surface area (Å²) in [4.78, 5) is 2.79. The molecule has 0 spiro atoms. The Kier molecular flexibility index (Phi) is 5.30. The monoisotopic (exact) mass is 266 g/mol. The second-order valence-corrected chi connectivity index (χ2v) is 7.60. The Labute approximate surface area is 120 Å². The van der Waals surface area contributed by atoms with E-state index < -0.39 is 0 Å². The van der Waals surface area contributed by atoms with Gasteiger partial charge in [-0.15, -0.1) is 0 Å². The van der Waals surface area contributed by atoms with Gasteiger partial charge in [-0.25, -0.2) is 0 Å². The molecule has 1 aliphatic heterocycles. The van der Waals surface area contributed by atoms with Gasteiger partial charge in [0.2, 0.25) is 0 Å². The molecule has 1 heterocycles. The summed E-state index contributed by atoms with van der Waals surface area (Å²) < 4.78 is 0. The van der Waals surface area contributed by atoms with Gasteiger partial charge in [-0.1, -0.05) is 33.6 Å². The SMILES string of the molecule is CCC1CN(CC2(CC(C)C)CCCC2)C(C)CN1. The van der Waals surface area contributed by atoms with Crippen molar-refractivity contribution in [2.24, 2.45) is 11.3 Å². The molecule has 0 aromatic carbocycles. The van der Waals surface area contributed by atoms with E-state index in [0.717, 1.165) is 5.92 Å². The van der Waals surface area contributed by atoms with Crippen molar-refractivity contribution < 1.29 is 0 Å². The fraction of sp³-hybridized carbons (Fsp3) is 1.00. The van der Waals surface area contributed by atoms with Crippen LogP contribution in [0.15, 0.2) is 0 Å². The minimum atomic E-state index is 0.637. The highest BCUT2D eigenvalue weighted by molar-refractivity contribution is 4.92. The molecule has 2 aliphatic rings. The van der Waals surface area contributed by atoms with Crippen LogP contribution in [0.4, 0.5) is 0 Å². The lowest BCUT2D eigenvalue weighted by Gasteiger charge is -2.44. The summed E-state index contributed by atoms with van der Waals surface area (Å²) in [6.45, 7) is 13.3. The molecule has 2 rings (SSSR count). The van der Waals surface area contributed by atoms with Crippen LogP contribution in [0.5, 0.6) is 0 Å². The van der Waals surface area contributed by atoms with Crippen LogP contribution in [0.3, 0.4) is 0 Å². The molecule has 0 radical (unpaired) electrons. The lowest BCUT2D eigenvalue weighted by atomic mass is 9.77. The molecule has 112 valence electrons. The molecule has 2 atom stereocenters. The van der Waals surface area contributed by atoms with E-state index in [9.17, 15) is 0 Å². The largest absolute Gasteiger partial charge is 0.311 e. The zero-order chi connectivity index (χ0) is 13.9. The molecule has 2 unspecified atom stereocenters. The molecular formula is C17H34N2. The van der Waals surface area contributed by atoms with Gasteiger partial charge in [-0.05, 0) is 43.9 Å². The zero-order valence-electron chi connectivity index (χ0n) is 13.5. The number of piperazine rings is 1. The molecule has 1 N–H and O–H groups in total. The van der Waals surface area contributed by atoms with Gasteiger partial charge in [0, 0.05) is 31.7 Å². The third-order valence-electron chi connectivity index (χ3n) is 5.32. The average molecular weight is 266 g/mol. The molecule has 0 bridgehead atoms. The van der Waals surface area contributed by atoms with Gasteiger partial charge in [0.1, 0.15) is 0 Å². The molecule has 2 heteroatoms. The Morgan fingerprint density at radius 2 is 1.95 bits per heavy atom. The molecule has 1 saturated carbocycles. The Morgan fingerprint density at radius 3 is 2.53 bits per heavy atom. The Bertz CT molecular complexity index is 268. The van der Waals surface area contributed by atoms with Crippen LogP contribution in [0.2, 0.25) is 0 Å². The third-order valence-corrected chi connectivity index (χ3v) is 5.32. The zero-order valence-corrected chi connectivity index (χ0v) is 13.5. The van der Waals surface area contributed by atoms with Gasteiger partial charge >= 0.3 is 0 Å². The first kappa shape index (κ1) is 15.3. The summed E-state index contributed by atoms with van der Waals surface area (Å²) in [5, 5.41) is 3.69. The topological polar surface area (TPSA) is 15.3 Å². The number of nitrogens with one attached hydrogen (secondary N) is 1. The van der Waals surface area contributed by atoms with Crippen LogP contribution in [0.25, 0.3) is 0 Å². The highest BCUT2D eigenvalue weighted by atomic mass is 15.2. The van der Waals surface area contributed by atoms with Crippen molar-refractivity contribution in [3.63, 3.8) is 0 Å². The summed E-state index contributed by atoms with van der Waals surface area (Å²) in [5.74, 6) is 0.846. The lowest BCUT2D eigenvalue weighted by Crippen LogP contribution is -2.57. The van der Waals surface area contributed by atoms with E-state index in [1.165, 1.54) is 58.2 Å². The summed E-state index contributed by atoms with van der Waals surface area (Å²) in [6, 6.07) is 1.43. The number of hydrogen-bond acceptors (Lipinski definition) is 2. The second-order valence-electron chi connectivity index (χ2n) is 7.60. The number of rotatable bonds is 5. The summed E-state index contributed by atoms with van der Waals surface area (Å²) in [5.41, 5.74) is 0.637. The first-order valence-corrected chi connectivity index (χ1v) is 8.52. The smallest absolute Gasteiger partial charge is 0.0193 e. The average Bonchev–Trinajstić information content (AvgIpc) is 2.79. The van der Waals surface area contributed by atoms with Crippen molar-refractivity contribution >= 4 is 0 Å². The van der Waals surface area contributed by atoms with E-state index in [0.29, 0.717) is 17.5 Å². The summed E-state index contributed by atoms with van der Waals surface area (Å²) >= 11 is 0. The predicted octanol–water partition coefficient (Wildman–Crippen LogP) is 3.67. The second kappa shape index (κ2) is 6.58. The Morgan fingerprint density at radius 1 is 1.26 bits per heavy atom. The van der Waals surface area contributed by atoms with Crippen molar-refractivity contribution in [1.82, 2.24) is 10.2 Å². The highest BCUT2D eigenvalue weighted by Crippen LogP contribution is 2.44. The first-order chi connectivity index (χ1) is 9.04. The van der Waals surface area contributed by atoms with Crippen molar-refractivity contribution in [3.8, 4) is 0 Å². The highest BCUT2D eigenvalue weighted by Gasteiger charge is 2.38. The number of nitrogens with zero attached hydrogens (tertiary/aromatic N) is 1. The molecule has 0 amide bonds. The van der Waals surface area contributed by atoms with Gasteiger partial charge in [0.25, 0.3) is 0 Å². The van der Waals surface area contributed by atoms with Crippen LogP contribution >= 0.6 is 0 Å². The van der Waals surface area contributed by atoms with Crippen molar-refractivity contribution in [2.75, 3.05) is 19.6 Å². The fourth-order valence-electron chi connectivity index (χ4n) is 4.34. The standard InChI is InChI=1S/C17H34N2/c1-5-16-12-19(15(4)11-18-16)13-17(10-14(2)3)8-6-7-9-17/h14-16,18H,5-13H2,1-4H3. The van der Waals surface area contributed by atoms with E-state index in [4.69, 9.17) is 0 Å². The Hall–Kier alpha value is -0.0800. The molecule has 2 fully saturated rings. The van der Waals surface area contributed by atoms with Crippen LogP contribution in [-0.4, -0.2) is 36.6 Å². The maximum Gasteiger partial charge on any atom is 0.0193 e. The molecule has 1 saturated heterocycles. The normalized spacial score (nSPS) is 32.1. The maximum absolute atomic E-state index is 3.69. The summed E-state index contributed by atoms with van der Waals surface area (Å²) in [6.07, 6.45) is 8.56. The van der Waals surface area contributed by atoms with Crippen LogP contribution in [0, 0.1) is 11.3 Å². The molecule has 0 aromatic heterocycles. The van der Waals surface area contributed by atoms with E-state index >= 15 is 0 Å². The van der Waals surface area contributed by atoms with Gasteiger partial charge in [-0.3, -0.25) is 4.90 Å². The van der Waals surface area contributed by atoms with E-state index in [-0.39, 0.29) is 0 Å². The Balaban J connectivity index is 1.99. The molecule has 0 aromatic rings. The van der Waals surface area contributed by atoms with Gasteiger partial charge < -0.3 is 5.32 Å². The lowest BCUT2D eigenvalue weighted by molar-refractivity contribution is 0.0668.